The molecule has 2 rings (SSSR count). The number of hydrogen-bond acceptors (Lipinski definition) is 2. The molecule has 1 aliphatic carbocycles. The quantitative estimate of drug-likeness (QED) is 0.872. The standard InChI is InChI=1S/C17H25FN2O.ClH/c1-12(9-13-5-4-7-15(18)10-13)17(21)20-16-8-3-2-6-14(16)11-19;/h4-5,7,10,12,14,16H,2-3,6,8-9,11,19H2,1H3,(H,20,21);1H. The number of halogens is 2. The Morgan fingerprint density at radius 1 is 1.41 bits per heavy atom. The van der Waals surface area contributed by atoms with Gasteiger partial charge in [0.15, 0.2) is 0 Å². The van der Waals surface area contributed by atoms with Crippen molar-refractivity contribution < 1.29 is 9.18 Å². The second-order valence-electron chi connectivity index (χ2n) is 6.13. The molecule has 1 fully saturated rings. The van der Waals surface area contributed by atoms with E-state index in [9.17, 15) is 9.18 Å². The Balaban J connectivity index is 0.00000242. The van der Waals surface area contributed by atoms with Crippen molar-refractivity contribution in [2.45, 2.75) is 45.1 Å². The van der Waals surface area contributed by atoms with Gasteiger partial charge in [-0.2, -0.15) is 0 Å². The molecule has 0 spiro atoms. The van der Waals surface area contributed by atoms with Gasteiger partial charge in [-0.05, 0) is 49.4 Å². The molecule has 0 aliphatic heterocycles. The lowest BCUT2D eigenvalue weighted by Crippen LogP contribution is -2.46. The lowest BCUT2D eigenvalue weighted by atomic mass is 9.84. The molecule has 124 valence electrons. The van der Waals surface area contributed by atoms with Crippen LogP contribution in [-0.2, 0) is 11.2 Å². The van der Waals surface area contributed by atoms with Gasteiger partial charge in [-0.25, -0.2) is 4.39 Å². The maximum Gasteiger partial charge on any atom is 0.223 e. The predicted octanol–water partition coefficient (Wildman–Crippen LogP) is 3.06. The largest absolute Gasteiger partial charge is 0.353 e. The molecule has 0 radical (unpaired) electrons. The van der Waals surface area contributed by atoms with E-state index in [4.69, 9.17) is 5.73 Å². The van der Waals surface area contributed by atoms with Gasteiger partial charge in [0.1, 0.15) is 5.82 Å². The minimum absolute atomic E-state index is 0. The van der Waals surface area contributed by atoms with Crippen molar-refractivity contribution in [2.75, 3.05) is 6.54 Å². The molecular formula is C17H26ClFN2O. The van der Waals surface area contributed by atoms with Gasteiger partial charge in [-0.15, -0.1) is 12.4 Å². The number of nitrogens with one attached hydrogen (secondary N) is 1. The summed E-state index contributed by atoms with van der Waals surface area (Å²) in [6.07, 6.45) is 5.02. The molecule has 5 heteroatoms. The molecule has 3 unspecified atom stereocenters. The number of carbonyl (C=O) groups excluding carboxylic acids is 1. The second-order valence-corrected chi connectivity index (χ2v) is 6.13. The Morgan fingerprint density at radius 2 is 2.14 bits per heavy atom. The van der Waals surface area contributed by atoms with E-state index in [0.29, 0.717) is 18.9 Å². The molecule has 1 aromatic carbocycles. The van der Waals surface area contributed by atoms with Crippen LogP contribution in [0, 0.1) is 17.7 Å². The van der Waals surface area contributed by atoms with Crippen molar-refractivity contribution in [1.29, 1.82) is 0 Å². The number of nitrogens with two attached hydrogens (primary N) is 1. The Labute approximate surface area is 138 Å². The van der Waals surface area contributed by atoms with E-state index >= 15 is 0 Å². The molecule has 0 heterocycles. The van der Waals surface area contributed by atoms with Gasteiger partial charge in [-0.1, -0.05) is 31.9 Å². The van der Waals surface area contributed by atoms with E-state index in [0.717, 1.165) is 24.8 Å². The Hall–Kier alpha value is -1.13. The van der Waals surface area contributed by atoms with E-state index in [2.05, 4.69) is 5.32 Å². The van der Waals surface area contributed by atoms with Crippen LogP contribution < -0.4 is 11.1 Å². The maximum absolute atomic E-state index is 13.2. The molecule has 3 nitrogen and oxygen atoms in total. The van der Waals surface area contributed by atoms with Crippen molar-refractivity contribution in [3.05, 3.63) is 35.6 Å². The highest BCUT2D eigenvalue weighted by atomic mass is 35.5. The van der Waals surface area contributed by atoms with Gasteiger partial charge in [0.25, 0.3) is 0 Å². The zero-order chi connectivity index (χ0) is 15.2. The molecule has 0 aromatic heterocycles. The van der Waals surface area contributed by atoms with Crippen LogP contribution in [0.3, 0.4) is 0 Å². The average molecular weight is 329 g/mol. The molecule has 3 N–H and O–H groups in total. The average Bonchev–Trinajstić information content (AvgIpc) is 2.47. The van der Waals surface area contributed by atoms with Gasteiger partial charge in [0.05, 0.1) is 0 Å². The zero-order valence-electron chi connectivity index (χ0n) is 13.1. The summed E-state index contributed by atoms with van der Waals surface area (Å²) in [7, 11) is 0. The van der Waals surface area contributed by atoms with Crippen molar-refractivity contribution >= 4 is 18.3 Å². The summed E-state index contributed by atoms with van der Waals surface area (Å²) >= 11 is 0. The topological polar surface area (TPSA) is 55.1 Å². The summed E-state index contributed by atoms with van der Waals surface area (Å²) < 4.78 is 13.2. The van der Waals surface area contributed by atoms with Crippen LogP contribution >= 0.6 is 12.4 Å². The fourth-order valence-corrected chi connectivity index (χ4v) is 3.11. The third kappa shape index (κ3) is 5.25. The first-order chi connectivity index (χ1) is 10.1. The Bertz CT molecular complexity index is 483. The number of amides is 1. The van der Waals surface area contributed by atoms with Gasteiger partial charge >= 0.3 is 0 Å². The summed E-state index contributed by atoms with van der Waals surface area (Å²) in [6.45, 7) is 2.52. The number of carbonyl (C=O) groups is 1. The fraction of sp³-hybridized carbons (Fsp3) is 0.588. The molecule has 1 aromatic rings. The summed E-state index contributed by atoms with van der Waals surface area (Å²) in [6, 6.07) is 6.65. The Kier molecular flexibility index (Phi) is 7.83. The van der Waals surface area contributed by atoms with Crippen LogP contribution in [0.4, 0.5) is 4.39 Å². The molecule has 1 aliphatic rings. The summed E-state index contributed by atoms with van der Waals surface area (Å²) in [5.41, 5.74) is 6.65. The van der Waals surface area contributed by atoms with Gasteiger partial charge < -0.3 is 11.1 Å². The SMILES string of the molecule is CC(Cc1cccc(F)c1)C(=O)NC1CCCCC1CN.Cl. The summed E-state index contributed by atoms with van der Waals surface area (Å²) in [5, 5.41) is 3.14. The molecule has 0 saturated heterocycles. The first-order valence-electron chi connectivity index (χ1n) is 7.85. The van der Waals surface area contributed by atoms with E-state index in [1.165, 1.54) is 18.6 Å². The van der Waals surface area contributed by atoms with Crippen LogP contribution in [0.25, 0.3) is 0 Å². The van der Waals surface area contributed by atoms with Crippen LogP contribution in [0.15, 0.2) is 24.3 Å². The second kappa shape index (κ2) is 9.11. The predicted molar refractivity (Wildman–Crippen MR) is 89.5 cm³/mol. The lowest BCUT2D eigenvalue weighted by molar-refractivity contribution is -0.125. The van der Waals surface area contributed by atoms with Crippen molar-refractivity contribution in [3.63, 3.8) is 0 Å². The normalized spacial score (nSPS) is 22.5. The van der Waals surface area contributed by atoms with Crippen molar-refractivity contribution in [1.82, 2.24) is 5.32 Å². The minimum Gasteiger partial charge on any atom is -0.353 e. The third-order valence-corrected chi connectivity index (χ3v) is 4.42. The summed E-state index contributed by atoms with van der Waals surface area (Å²) in [4.78, 5) is 12.3. The molecule has 3 atom stereocenters. The lowest BCUT2D eigenvalue weighted by Gasteiger charge is -2.32. The highest BCUT2D eigenvalue weighted by molar-refractivity contribution is 5.85. The van der Waals surface area contributed by atoms with E-state index < -0.39 is 0 Å². The molecule has 0 bridgehead atoms. The highest BCUT2D eigenvalue weighted by Gasteiger charge is 2.26. The first kappa shape index (κ1) is 18.9. The summed E-state index contributed by atoms with van der Waals surface area (Å²) in [5.74, 6) is 0.0245. The van der Waals surface area contributed by atoms with Gasteiger partial charge in [0, 0.05) is 12.0 Å². The Morgan fingerprint density at radius 3 is 2.82 bits per heavy atom. The molecule has 22 heavy (non-hydrogen) atoms. The molecular weight excluding hydrogens is 303 g/mol. The molecule has 1 amide bonds. The maximum atomic E-state index is 13.2. The fourth-order valence-electron chi connectivity index (χ4n) is 3.11. The number of benzene rings is 1. The van der Waals surface area contributed by atoms with Crippen LogP contribution in [0.2, 0.25) is 0 Å². The smallest absolute Gasteiger partial charge is 0.223 e. The number of hydrogen-bond donors (Lipinski definition) is 2. The zero-order valence-corrected chi connectivity index (χ0v) is 13.9. The van der Waals surface area contributed by atoms with E-state index in [1.807, 2.05) is 13.0 Å². The first-order valence-corrected chi connectivity index (χ1v) is 7.85. The number of rotatable bonds is 5. The van der Waals surface area contributed by atoms with E-state index in [1.54, 1.807) is 6.07 Å². The van der Waals surface area contributed by atoms with Crippen molar-refractivity contribution in [2.24, 2.45) is 17.6 Å². The third-order valence-electron chi connectivity index (χ3n) is 4.42. The van der Waals surface area contributed by atoms with Crippen molar-refractivity contribution in [3.8, 4) is 0 Å². The van der Waals surface area contributed by atoms with E-state index in [-0.39, 0.29) is 36.1 Å². The van der Waals surface area contributed by atoms with Crippen LogP contribution in [0.5, 0.6) is 0 Å². The monoisotopic (exact) mass is 328 g/mol. The minimum atomic E-state index is -0.254. The highest BCUT2D eigenvalue weighted by Crippen LogP contribution is 2.24. The molecule has 1 saturated carbocycles. The van der Waals surface area contributed by atoms with Crippen LogP contribution in [0.1, 0.15) is 38.2 Å². The van der Waals surface area contributed by atoms with Crippen LogP contribution in [-0.4, -0.2) is 18.5 Å². The van der Waals surface area contributed by atoms with Gasteiger partial charge in [0.2, 0.25) is 5.91 Å². The van der Waals surface area contributed by atoms with Gasteiger partial charge in [-0.3, -0.25) is 4.79 Å².